The second kappa shape index (κ2) is 25.1. The summed E-state index contributed by atoms with van der Waals surface area (Å²) < 4.78 is 7.52. The van der Waals surface area contributed by atoms with Gasteiger partial charge >= 0.3 is 23.9 Å². The van der Waals surface area contributed by atoms with Crippen LogP contribution in [0.4, 0.5) is 5.69 Å². The van der Waals surface area contributed by atoms with Crippen molar-refractivity contribution in [3.8, 4) is 0 Å². The summed E-state index contributed by atoms with van der Waals surface area (Å²) in [5.74, 6) is -4.25. The molecule has 0 bridgehead atoms. The van der Waals surface area contributed by atoms with E-state index in [1.807, 2.05) is 49.5 Å². The summed E-state index contributed by atoms with van der Waals surface area (Å²) in [4.78, 5) is 53.8. The zero-order valence-electron chi connectivity index (χ0n) is 32.1. The number of carbonyl (C=O) groups is 4. The van der Waals surface area contributed by atoms with Crippen LogP contribution < -0.4 is 16.4 Å². The lowest BCUT2D eigenvalue weighted by atomic mass is 10.0. The molecule has 1 aromatic carbocycles. The van der Waals surface area contributed by atoms with E-state index in [-0.39, 0.29) is 89.5 Å². The maximum absolute atomic E-state index is 12.0. The fraction of sp³-hybridized carbons (Fsp3) is 0.686. The molecule has 1 saturated heterocycles. The predicted octanol–water partition coefficient (Wildman–Crippen LogP) is -0.123. The van der Waals surface area contributed by atoms with E-state index in [4.69, 9.17) is 22.7 Å². The first-order valence-electron chi connectivity index (χ1n) is 18.3. The van der Waals surface area contributed by atoms with Gasteiger partial charge in [-0.1, -0.05) is 24.1 Å². The number of benzene rings is 1. The Hall–Kier alpha value is -3.18. The number of rotatable bonds is 22. The molecular weight excluding hydrogens is 757 g/mol. The highest BCUT2D eigenvalue weighted by atomic mass is 32.2. The first-order valence-corrected chi connectivity index (χ1v) is 19.4. The molecule has 0 saturated carbocycles. The lowest BCUT2D eigenvalue weighted by molar-refractivity contribution is -0.142. The van der Waals surface area contributed by atoms with Gasteiger partial charge in [0.05, 0.1) is 43.6 Å². The van der Waals surface area contributed by atoms with Crippen LogP contribution >= 0.6 is 24.2 Å². The molecule has 1 aromatic rings. The van der Waals surface area contributed by atoms with E-state index in [9.17, 15) is 44.7 Å². The van der Waals surface area contributed by atoms with Crippen molar-refractivity contribution < 1.29 is 49.4 Å². The number of nitrogens with zero attached hydrogens (tertiary/aromatic N) is 5. The molecule has 0 amide bonds. The third kappa shape index (κ3) is 20.5. The molecule has 55 heavy (non-hydrogen) atoms. The number of aliphatic hydroxyl groups excluding tert-OH is 1. The molecule has 0 spiro atoms. The van der Waals surface area contributed by atoms with Crippen LogP contribution in [0.25, 0.3) is 0 Å². The van der Waals surface area contributed by atoms with Crippen LogP contribution in [0.15, 0.2) is 24.3 Å². The highest BCUT2D eigenvalue weighted by Gasteiger charge is 2.28. The molecule has 1 aliphatic rings. The number of carboxylic acids is 4. The third-order valence-corrected chi connectivity index (χ3v) is 10.5. The molecule has 1 fully saturated rings. The van der Waals surface area contributed by atoms with Crippen molar-refractivity contribution in [3.63, 3.8) is 0 Å². The molecule has 20 heteroatoms. The number of carboxylic acid groups (broad SMARTS) is 4. The SMILES string of the molecule is CC(CCNC(=S)Nc1ccc(CC2CN(CC(=O)O)CCN(CC(=O)O)CCN(CC(=O)O)CCN2CC(=O)O)cc1)OCN(C)SC(C)(CO)CCN. The number of aliphatic carboxylic acids is 4. The van der Waals surface area contributed by atoms with Crippen molar-refractivity contribution in [2.75, 3.05) is 111 Å². The monoisotopic (exact) mass is 816 g/mol. The number of aliphatic hydroxyl groups is 1. The van der Waals surface area contributed by atoms with Crippen LogP contribution in [-0.4, -0.2) is 201 Å². The van der Waals surface area contributed by atoms with Gasteiger partial charge in [-0.25, -0.2) is 4.31 Å². The summed E-state index contributed by atoms with van der Waals surface area (Å²) in [7, 11) is 1.91. The fourth-order valence-electron chi connectivity index (χ4n) is 6.09. The molecule has 3 atom stereocenters. The Morgan fingerprint density at radius 3 is 1.98 bits per heavy atom. The quantitative estimate of drug-likeness (QED) is 0.0432. The van der Waals surface area contributed by atoms with Gasteiger partial charge in [0.25, 0.3) is 0 Å². The Morgan fingerprint density at radius 1 is 0.927 bits per heavy atom. The average molecular weight is 817 g/mol. The molecule has 3 unspecified atom stereocenters. The molecule has 312 valence electrons. The molecule has 0 radical (unpaired) electrons. The molecular formula is C35H60N8O10S2. The Balaban J connectivity index is 2.09. The molecule has 18 nitrogen and oxygen atoms in total. The van der Waals surface area contributed by atoms with Crippen molar-refractivity contribution in [1.82, 2.24) is 29.2 Å². The Bertz CT molecular complexity index is 1370. The second-order valence-electron chi connectivity index (χ2n) is 14.0. The topological polar surface area (TPSA) is 245 Å². The van der Waals surface area contributed by atoms with E-state index in [0.717, 1.165) is 11.3 Å². The molecule has 1 aliphatic heterocycles. The normalized spacial score (nSPS) is 18.8. The van der Waals surface area contributed by atoms with E-state index >= 15 is 0 Å². The van der Waals surface area contributed by atoms with Crippen molar-refractivity contribution in [2.24, 2.45) is 5.73 Å². The second-order valence-corrected chi connectivity index (χ2v) is 16.2. The van der Waals surface area contributed by atoms with Crippen molar-refractivity contribution in [1.29, 1.82) is 0 Å². The number of hydrogen-bond acceptors (Lipinski definition) is 14. The van der Waals surface area contributed by atoms with E-state index in [1.165, 1.54) is 11.9 Å². The van der Waals surface area contributed by atoms with Crippen LogP contribution in [0.2, 0.25) is 0 Å². The zero-order chi connectivity index (χ0) is 41.0. The Morgan fingerprint density at radius 2 is 1.45 bits per heavy atom. The fourth-order valence-corrected chi connectivity index (χ4v) is 7.45. The van der Waals surface area contributed by atoms with Crippen LogP contribution in [0.3, 0.4) is 0 Å². The van der Waals surface area contributed by atoms with E-state index < -0.39 is 29.9 Å². The minimum Gasteiger partial charge on any atom is -0.480 e. The van der Waals surface area contributed by atoms with Gasteiger partial charge in [-0.3, -0.25) is 38.8 Å². The minimum atomic E-state index is -1.07. The van der Waals surface area contributed by atoms with Crippen LogP contribution in [0, 0.1) is 0 Å². The summed E-state index contributed by atoms with van der Waals surface area (Å²) in [6.45, 7) is 5.64. The van der Waals surface area contributed by atoms with Crippen molar-refractivity contribution in [2.45, 2.75) is 50.0 Å². The van der Waals surface area contributed by atoms with E-state index in [1.54, 1.807) is 19.6 Å². The van der Waals surface area contributed by atoms with Gasteiger partial charge in [-0.2, -0.15) is 0 Å². The van der Waals surface area contributed by atoms with Gasteiger partial charge in [0, 0.05) is 64.1 Å². The highest BCUT2D eigenvalue weighted by molar-refractivity contribution is 7.98. The van der Waals surface area contributed by atoms with Gasteiger partial charge < -0.3 is 46.6 Å². The number of ether oxygens (including phenoxy) is 1. The molecule has 2 rings (SSSR count). The number of hydrogen-bond donors (Lipinski definition) is 8. The lowest BCUT2D eigenvalue weighted by Crippen LogP contribution is -2.53. The van der Waals surface area contributed by atoms with Gasteiger partial charge in [-0.05, 0) is 76.6 Å². The zero-order valence-corrected chi connectivity index (χ0v) is 33.7. The smallest absolute Gasteiger partial charge is 0.317 e. The predicted molar refractivity (Wildman–Crippen MR) is 214 cm³/mol. The highest BCUT2D eigenvalue weighted by Crippen LogP contribution is 2.30. The number of nitrogens with one attached hydrogen (secondary N) is 2. The van der Waals surface area contributed by atoms with Crippen LogP contribution in [-0.2, 0) is 30.3 Å². The first-order chi connectivity index (χ1) is 26.0. The van der Waals surface area contributed by atoms with Gasteiger partial charge in [0.15, 0.2) is 5.11 Å². The average Bonchev–Trinajstić information content (AvgIpc) is 3.09. The standard InChI is InChI=1S/C35H60N8O10S2/c1-26(53-25-39(3)55-35(2,24-44)9-10-36)8-11-37-34(54)38-28-6-4-27(5-7-28)18-29-19-42(22-32(49)50)15-14-40(20-30(45)46)12-13-41(21-31(47)48)16-17-43(29)23-33(51)52/h4-7,26,29,44H,8-25,36H2,1-3H3,(H,45,46)(H,47,48)(H,49,50)(H,51,52)(H2,37,38,54). The summed E-state index contributed by atoms with van der Waals surface area (Å²) in [6, 6.07) is 6.98. The summed E-state index contributed by atoms with van der Waals surface area (Å²) in [6.07, 6.45) is 1.68. The number of thiocarbonyl (C=S) groups is 1. The molecule has 0 aliphatic carbocycles. The van der Waals surface area contributed by atoms with Crippen LogP contribution in [0.5, 0.6) is 0 Å². The molecule has 9 N–H and O–H groups in total. The van der Waals surface area contributed by atoms with Crippen molar-refractivity contribution >= 4 is 58.8 Å². The Kier molecular flexibility index (Phi) is 21.9. The summed E-state index contributed by atoms with van der Waals surface area (Å²) in [5.41, 5.74) is 7.27. The molecule has 0 aromatic heterocycles. The van der Waals surface area contributed by atoms with E-state index in [0.29, 0.717) is 44.2 Å². The molecule has 1 heterocycles. The van der Waals surface area contributed by atoms with E-state index in [2.05, 4.69) is 10.6 Å². The largest absolute Gasteiger partial charge is 0.480 e. The summed E-state index contributed by atoms with van der Waals surface area (Å²) >= 11 is 7.01. The van der Waals surface area contributed by atoms with Gasteiger partial charge in [0.2, 0.25) is 0 Å². The Labute approximate surface area is 333 Å². The first kappa shape index (κ1) is 48.0. The van der Waals surface area contributed by atoms with Crippen LogP contribution in [0.1, 0.15) is 32.3 Å². The maximum Gasteiger partial charge on any atom is 0.317 e. The summed E-state index contributed by atoms with van der Waals surface area (Å²) in [5, 5.41) is 55.0. The van der Waals surface area contributed by atoms with Gasteiger partial charge in [-0.15, -0.1) is 0 Å². The minimum absolute atomic E-state index is 0.0134. The third-order valence-electron chi connectivity index (χ3n) is 9.01. The van der Waals surface area contributed by atoms with Gasteiger partial charge in [0.1, 0.15) is 6.73 Å². The lowest BCUT2D eigenvalue weighted by Gasteiger charge is -2.37. The van der Waals surface area contributed by atoms with Crippen molar-refractivity contribution in [3.05, 3.63) is 29.8 Å². The number of anilines is 1. The maximum atomic E-state index is 12.0. The number of nitrogens with two attached hydrogens (primary N) is 1.